The minimum Gasteiger partial charge on any atom is -0.490 e. The molecule has 0 radical (unpaired) electrons. The highest BCUT2D eigenvalue weighted by molar-refractivity contribution is 6.34. The lowest BCUT2D eigenvalue weighted by molar-refractivity contribution is 0.102. The number of benzene rings is 1. The lowest BCUT2D eigenvalue weighted by Crippen LogP contribution is -2.14. The molecule has 0 unspecified atom stereocenters. The van der Waals surface area contributed by atoms with Crippen LogP contribution in [0.15, 0.2) is 30.3 Å². The quantitative estimate of drug-likeness (QED) is 0.921. The van der Waals surface area contributed by atoms with Crippen molar-refractivity contribution < 1.29 is 14.3 Å². The molecule has 1 aromatic heterocycles. The summed E-state index contributed by atoms with van der Waals surface area (Å²) in [5, 5.41) is 3.15. The topological polar surface area (TPSA) is 60.5 Å². The third-order valence-corrected chi connectivity index (χ3v) is 3.52. The highest BCUT2D eigenvalue weighted by Gasteiger charge is 2.16. The van der Waals surface area contributed by atoms with E-state index in [-0.39, 0.29) is 5.91 Å². The van der Waals surface area contributed by atoms with Crippen molar-refractivity contribution in [1.82, 2.24) is 4.98 Å². The zero-order valence-electron chi connectivity index (χ0n) is 12.1. The fraction of sp³-hybridized carbons (Fsp3) is 0.250. The molecule has 5 nitrogen and oxygen atoms in total. The summed E-state index contributed by atoms with van der Waals surface area (Å²) in [4.78, 5) is 16.4. The number of nitrogens with zero attached hydrogens (tertiary/aromatic N) is 1. The fourth-order valence-corrected chi connectivity index (χ4v) is 2.34. The average Bonchev–Trinajstić information content (AvgIpc) is 2.72. The van der Waals surface area contributed by atoms with E-state index in [0.717, 1.165) is 12.1 Å². The van der Waals surface area contributed by atoms with Gasteiger partial charge < -0.3 is 14.8 Å². The number of nitrogens with one attached hydrogen (secondary N) is 1. The number of carbonyl (C=O) groups excluding carboxylic acids is 1. The molecule has 0 atom stereocenters. The number of pyridine rings is 1. The molecule has 114 valence electrons. The van der Waals surface area contributed by atoms with E-state index in [1.54, 1.807) is 24.3 Å². The number of halogens is 1. The molecule has 0 spiro atoms. The Hall–Kier alpha value is -2.27. The number of hydrogen-bond acceptors (Lipinski definition) is 4. The van der Waals surface area contributed by atoms with E-state index in [0.29, 0.717) is 41.1 Å². The molecule has 0 bridgehead atoms. The Bertz CT molecular complexity index is 719. The first-order chi connectivity index (χ1) is 10.6. The van der Waals surface area contributed by atoms with Crippen LogP contribution in [-0.4, -0.2) is 24.1 Å². The van der Waals surface area contributed by atoms with Gasteiger partial charge in [0, 0.05) is 24.2 Å². The molecule has 1 amide bonds. The molecule has 0 aliphatic carbocycles. The van der Waals surface area contributed by atoms with Crippen LogP contribution in [-0.2, 0) is 0 Å². The summed E-state index contributed by atoms with van der Waals surface area (Å²) in [6, 6.07) is 8.60. The molecular formula is C16H15ClN2O3. The number of carbonyl (C=O) groups is 1. The molecule has 22 heavy (non-hydrogen) atoms. The Labute approximate surface area is 133 Å². The molecule has 1 aliphatic rings. The summed E-state index contributed by atoms with van der Waals surface area (Å²) in [5.74, 6) is 0.851. The Kier molecular flexibility index (Phi) is 4.15. The minimum atomic E-state index is -0.319. The first-order valence-corrected chi connectivity index (χ1v) is 7.35. The number of fused-ring (bicyclic) bond motifs is 1. The van der Waals surface area contributed by atoms with Crippen molar-refractivity contribution in [2.75, 3.05) is 18.5 Å². The maximum atomic E-state index is 12.3. The largest absolute Gasteiger partial charge is 0.490 e. The van der Waals surface area contributed by atoms with Crippen LogP contribution in [0.25, 0.3) is 0 Å². The van der Waals surface area contributed by atoms with Gasteiger partial charge in [-0.1, -0.05) is 17.7 Å². The number of aromatic nitrogens is 1. The maximum absolute atomic E-state index is 12.3. The van der Waals surface area contributed by atoms with Crippen molar-refractivity contribution in [2.24, 2.45) is 0 Å². The zero-order chi connectivity index (χ0) is 15.5. The molecule has 1 aliphatic heterocycles. The Balaban J connectivity index is 1.86. The second-order valence-electron chi connectivity index (χ2n) is 4.95. The fourth-order valence-electron chi connectivity index (χ4n) is 2.14. The highest BCUT2D eigenvalue weighted by atomic mass is 35.5. The number of ether oxygens (including phenoxy) is 2. The molecular weight excluding hydrogens is 304 g/mol. The van der Waals surface area contributed by atoms with Gasteiger partial charge in [0.15, 0.2) is 11.5 Å². The molecule has 1 N–H and O–H groups in total. The van der Waals surface area contributed by atoms with Gasteiger partial charge in [-0.2, -0.15) is 0 Å². The molecule has 3 rings (SSSR count). The van der Waals surface area contributed by atoms with Gasteiger partial charge in [0.1, 0.15) is 5.69 Å². The number of anilines is 1. The van der Waals surface area contributed by atoms with Crippen LogP contribution in [0.2, 0.25) is 5.02 Å². The van der Waals surface area contributed by atoms with E-state index in [2.05, 4.69) is 10.3 Å². The van der Waals surface area contributed by atoms with Crippen molar-refractivity contribution in [3.63, 3.8) is 0 Å². The van der Waals surface area contributed by atoms with E-state index in [9.17, 15) is 4.79 Å². The predicted octanol–water partition coefficient (Wildman–Crippen LogP) is 3.46. The molecule has 1 aromatic carbocycles. The number of hydrogen-bond donors (Lipinski definition) is 1. The van der Waals surface area contributed by atoms with Crippen LogP contribution in [0.5, 0.6) is 11.5 Å². The molecule has 2 aromatic rings. The second-order valence-corrected chi connectivity index (χ2v) is 5.35. The normalized spacial score (nSPS) is 13.4. The van der Waals surface area contributed by atoms with Crippen molar-refractivity contribution in [1.29, 1.82) is 0 Å². The monoisotopic (exact) mass is 318 g/mol. The Morgan fingerprint density at radius 2 is 1.95 bits per heavy atom. The standard InChI is InChI=1S/C16H15ClN2O3/c1-10-4-2-5-12(18-10)16(20)19-13-9-15-14(8-11(13)17)21-6-3-7-22-15/h2,4-5,8-9H,3,6-7H2,1H3,(H,19,20). The summed E-state index contributed by atoms with van der Waals surface area (Å²) >= 11 is 6.21. The van der Waals surface area contributed by atoms with Crippen LogP contribution in [0, 0.1) is 6.92 Å². The summed E-state index contributed by atoms with van der Waals surface area (Å²) < 4.78 is 11.2. The van der Waals surface area contributed by atoms with E-state index in [4.69, 9.17) is 21.1 Å². The Morgan fingerprint density at radius 3 is 2.68 bits per heavy atom. The van der Waals surface area contributed by atoms with Crippen LogP contribution in [0.4, 0.5) is 5.69 Å². The summed E-state index contributed by atoms with van der Waals surface area (Å²) in [6.07, 6.45) is 0.807. The van der Waals surface area contributed by atoms with Gasteiger partial charge in [0.2, 0.25) is 0 Å². The number of rotatable bonds is 2. The first-order valence-electron chi connectivity index (χ1n) is 6.97. The van der Waals surface area contributed by atoms with Crippen LogP contribution in [0.1, 0.15) is 22.6 Å². The van der Waals surface area contributed by atoms with Crippen molar-refractivity contribution >= 4 is 23.2 Å². The molecule has 6 heteroatoms. The zero-order valence-corrected chi connectivity index (χ0v) is 12.8. The summed E-state index contributed by atoms with van der Waals surface area (Å²) in [7, 11) is 0. The SMILES string of the molecule is Cc1cccc(C(=O)Nc2cc3c(cc2Cl)OCCCO3)n1. The number of aryl methyl sites for hydroxylation is 1. The lowest BCUT2D eigenvalue weighted by atomic mass is 10.2. The van der Waals surface area contributed by atoms with Gasteiger partial charge in [-0.25, -0.2) is 4.98 Å². The van der Waals surface area contributed by atoms with E-state index in [1.807, 2.05) is 13.0 Å². The minimum absolute atomic E-state index is 0.319. The lowest BCUT2D eigenvalue weighted by Gasteiger charge is -2.12. The van der Waals surface area contributed by atoms with E-state index in [1.165, 1.54) is 0 Å². The Morgan fingerprint density at radius 1 is 1.23 bits per heavy atom. The van der Waals surface area contributed by atoms with Gasteiger partial charge in [-0.05, 0) is 19.1 Å². The number of amides is 1. The van der Waals surface area contributed by atoms with Crippen LogP contribution >= 0.6 is 11.6 Å². The van der Waals surface area contributed by atoms with E-state index < -0.39 is 0 Å². The third-order valence-electron chi connectivity index (χ3n) is 3.21. The molecule has 0 saturated heterocycles. The predicted molar refractivity (Wildman–Crippen MR) is 84.0 cm³/mol. The van der Waals surface area contributed by atoms with Crippen LogP contribution < -0.4 is 14.8 Å². The van der Waals surface area contributed by atoms with Gasteiger partial charge in [0.05, 0.1) is 23.9 Å². The smallest absolute Gasteiger partial charge is 0.274 e. The van der Waals surface area contributed by atoms with Crippen molar-refractivity contribution in [2.45, 2.75) is 13.3 Å². The summed E-state index contributed by atoms with van der Waals surface area (Å²) in [6.45, 7) is 2.99. The van der Waals surface area contributed by atoms with Gasteiger partial charge in [0.25, 0.3) is 5.91 Å². The third kappa shape index (κ3) is 3.14. The molecule has 2 heterocycles. The maximum Gasteiger partial charge on any atom is 0.274 e. The van der Waals surface area contributed by atoms with Crippen molar-refractivity contribution in [3.8, 4) is 11.5 Å². The molecule has 0 fully saturated rings. The van der Waals surface area contributed by atoms with Crippen LogP contribution in [0.3, 0.4) is 0 Å². The second kappa shape index (κ2) is 6.23. The summed E-state index contributed by atoms with van der Waals surface area (Å²) in [5.41, 5.74) is 1.58. The highest BCUT2D eigenvalue weighted by Crippen LogP contribution is 2.37. The van der Waals surface area contributed by atoms with Gasteiger partial charge in [-0.3, -0.25) is 4.79 Å². The van der Waals surface area contributed by atoms with Crippen molar-refractivity contribution in [3.05, 3.63) is 46.7 Å². The van der Waals surface area contributed by atoms with Gasteiger partial charge >= 0.3 is 0 Å². The first kappa shape index (κ1) is 14.7. The van der Waals surface area contributed by atoms with E-state index >= 15 is 0 Å². The van der Waals surface area contributed by atoms with Gasteiger partial charge in [-0.15, -0.1) is 0 Å². The molecule has 0 saturated carbocycles. The average molecular weight is 319 g/mol.